The molecule has 0 atom stereocenters. The Balaban J connectivity index is 2.09. The van der Waals surface area contributed by atoms with Crippen LogP contribution in [-0.2, 0) is 11.3 Å². The summed E-state index contributed by atoms with van der Waals surface area (Å²) in [6, 6.07) is 5.24. The molecular formula is C17H19ClN2O4. The quantitative estimate of drug-likeness (QED) is 0.748. The van der Waals surface area contributed by atoms with E-state index < -0.39 is 0 Å². The van der Waals surface area contributed by atoms with Crippen molar-refractivity contribution in [3.8, 4) is 11.5 Å². The molecule has 1 heterocycles. The van der Waals surface area contributed by atoms with Gasteiger partial charge in [0.15, 0.2) is 11.5 Å². The minimum atomic E-state index is -0.165. The Bertz CT molecular complexity index is 755. The maximum absolute atomic E-state index is 12.2. The van der Waals surface area contributed by atoms with Gasteiger partial charge in [0, 0.05) is 19.2 Å². The van der Waals surface area contributed by atoms with Crippen molar-refractivity contribution < 1.29 is 18.8 Å². The summed E-state index contributed by atoms with van der Waals surface area (Å²) in [6.45, 7) is 2.17. The highest BCUT2D eigenvalue weighted by molar-refractivity contribution is 6.32. The third-order valence-electron chi connectivity index (χ3n) is 3.33. The maximum atomic E-state index is 12.2. The molecular weight excluding hydrogens is 332 g/mol. The molecule has 0 saturated heterocycles. The van der Waals surface area contributed by atoms with Crippen LogP contribution in [0, 0.1) is 6.92 Å². The van der Waals surface area contributed by atoms with Gasteiger partial charge in [0.25, 0.3) is 0 Å². The van der Waals surface area contributed by atoms with Gasteiger partial charge in [-0.3, -0.25) is 4.79 Å². The summed E-state index contributed by atoms with van der Waals surface area (Å²) in [5.41, 5.74) is 1.43. The molecule has 1 amide bonds. The van der Waals surface area contributed by atoms with Crippen LogP contribution in [0.4, 0.5) is 0 Å². The van der Waals surface area contributed by atoms with E-state index in [1.54, 1.807) is 38.2 Å². The number of aromatic nitrogens is 1. The first-order chi connectivity index (χ1) is 11.4. The average molecular weight is 351 g/mol. The van der Waals surface area contributed by atoms with Crippen molar-refractivity contribution >= 4 is 23.6 Å². The minimum Gasteiger partial charge on any atom is -0.493 e. The number of rotatable bonds is 6. The monoisotopic (exact) mass is 350 g/mol. The molecule has 6 nitrogen and oxygen atoms in total. The van der Waals surface area contributed by atoms with Gasteiger partial charge >= 0.3 is 0 Å². The number of nitrogens with zero attached hydrogens (tertiary/aromatic N) is 2. The van der Waals surface area contributed by atoms with E-state index in [2.05, 4.69) is 5.16 Å². The molecule has 2 aromatic rings. The van der Waals surface area contributed by atoms with Crippen LogP contribution in [0.25, 0.3) is 6.08 Å². The first-order valence-corrected chi connectivity index (χ1v) is 7.59. The van der Waals surface area contributed by atoms with Crippen molar-refractivity contribution in [3.63, 3.8) is 0 Å². The lowest BCUT2D eigenvalue weighted by Gasteiger charge is -2.13. The third kappa shape index (κ3) is 4.29. The molecule has 0 N–H and O–H groups in total. The second-order valence-corrected chi connectivity index (χ2v) is 5.60. The van der Waals surface area contributed by atoms with Crippen LogP contribution in [0.2, 0.25) is 5.02 Å². The van der Waals surface area contributed by atoms with Gasteiger partial charge in [-0.15, -0.1) is 0 Å². The first-order valence-electron chi connectivity index (χ1n) is 7.21. The lowest BCUT2D eigenvalue weighted by Crippen LogP contribution is -2.24. The van der Waals surface area contributed by atoms with Crippen molar-refractivity contribution in [1.29, 1.82) is 0 Å². The summed E-state index contributed by atoms with van der Waals surface area (Å²) in [6.07, 6.45) is 3.13. The van der Waals surface area contributed by atoms with E-state index in [1.165, 1.54) is 25.2 Å². The summed E-state index contributed by atoms with van der Waals surface area (Å²) in [5.74, 6) is 1.51. The summed E-state index contributed by atoms with van der Waals surface area (Å²) in [4.78, 5) is 13.7. The molecule has 2 rings (SSSR count). The van der Waals surface area contributed by atoms with Gasteiger partial charge in [0.1, 0.15) is 11.5 Å². The Morgan fingerprint density at radius 1 is 1.33 bits per heavy atom. The number of carbonyl (C=O) groups is 1. The second kappa shape index (κ2) is 7.88. The van der Waals surface area contributed by atoms with E-state index in [9.17, 15) is 4.79 Å². The molecule has 0 spiro atoms. The predicted octanol–water partition coefficient (Wildman–Crippen LogP) is 3.33. The highest BCUT2D eigenvalue weighted by atomic mass is 35.5. The summed E-state index contributed by atoms with van der Waals surface area (Å²) >= 11 is 6.15. The second-order valence-electron chi connectivity index (χ2n) is 5.19. The molecule has 0 radical (unpaired) electrons. The van der Waals surface area contributed by atoms with Crippen molar-refractivity contribution in [2.45, 2.75) is 13.5 Å². The number of aryl methyl sites for hydroxylation is 1. The third-order valence-corrected chi connectivity index (χ3v) is 3.61. The molecule has 0 aliphatic carbocycles. The van der Waals surface area contributed by atoms with Crippen molar-refractivity contribution in [2.24, 2.45) is 0 Å². The van der Waals surface area contributed by atoms with E-state index in [0.29, 0.717) is 34.5 Å². The van der Waals surface area contributed by atoms with E-state index in [1.807, 2.05) is 0 Å². The van der Waals surface area contributed by atoms with E-state index in [0.717, 1.165) is 5.56 Å². The van der Waals surface area contributed by atoms with Crippen LogP contribution in [0.3, 0.4) is 0 Å². The van der Waals surface area contributed by atoms with Crippen LogP contribution in [0.5, 0.6) is 11.5 Å². The zero-order valence-electron chi connectivity index (χ0n) is 14.0. The molecule has 0 saturated carbocycles. The van der Waals surface area contributed by atoms with Crippen LogP contribution in [0.15, 0.2) is 28.8 Å². The minimum absolute atomic E-state index is 0.165. The summed E-state index contributed by atoms with van der Waals surface area (Å²) in [5, 5.41) is 4.28. The zero-order chi connectivity index (χ0) is 17.7. The van der Waals surface area contributed by atoms with E-state index in [-0.39, 0.29) is 5.91 Å². The Morgan fingerprint density at radius 3 is 2.67 bits per heavy atom. The standard InChI is InChI=1S/C17H19ClN2O4/c1-11-7-13(19-24-11)10-20(2)16(21)6-5-12-8-14(18)17(23-4)15(9-12)22-3/h5-9H,10H2,1-4H3/b6-5+. The molecule has 0 aliphatic rings. The average Bonchev–Trinajstić information content (AvgIpc) is 2.96. The van der Waals surface area contributed by atoms with Gasteiger partial charge in [-0.25, -0.2) is 0 Å². The number of benzene rings is 1. The van der Waals surface area contributed by atoms with Gasteiger partial charge in [0.2, 0.25) is 5.91 Å². The van der Waals surface area contributed by atoms with Crippen molar-refractivity contribution in [3.05, 3.63) is 46.3 Å². The van der Waals surface area contributed by atoms with Crippen molar-refractivity contribution in [1.82, 2.24) is 10.1 Å². The Labute approximate surface area is 145 Å². The van der Waals surface area contributed by atoms with Gasteiger partial charge in [-0.05, 0) is 30.7 Å². The van der Waals surface area contributed by atoms with Gasteiger partial charge in [-0.2, -0.15) is 0 Å². The highest BCUT2D eigenvalue weighted by Gasteiger charge is 2.11. The van der Waals surface area contributed by atoms with Crippen LogP contribution in [0.1, 0.15) is 17.0 Å². The van der Waals surface area contributed by atoms with Gasteiger partial charge < -0.3 is 18.9 Å². The molecule has 7 heteroatoms. The SMILES string of the molecule is COc1cc(/C=C/C(=O)N(C)Cc2cc(C)on2)cc(Cl)c1OC. The van der Waals surface area contributed by atoms with Gasteiger partial charge in [-0.1, -0.05) is 16.8 Å². The van der Waals surface area contributed by atoms with E-state index >= 15 is 0 Å². The number of methoxy groups -OCH3 is 2. The number of halogens is 1. The number of hydrogen-bond acceptors (Lipinski definition) is 5. The molecule has 0 unspecified atom stereocenters. The molecule has 0 fully saturated rings. The largest absolute Gasteiger partial charge is 0.493 e. The fourth-order valence-corrected chi connectivity index (χ4v) is 2.44. The number of ether oxygens (including phenoxy) is 2. The smallest absolute Gasteiger partial charge is 0.246 e. The number of likely N-dealkylation sites (N-methyl/N-ethyl adjacent to an activating group) is 1. The number of amides is 1. The Hall–Kier alpha value is -2.47. The Morgan fingerprint density at radius 2 is 2.08 bits per heavy atom. The van der Waals surface area contributed by atoms with Crippen molar-refractivity contribution in [2.75, 3.05) is 21.3 Å². The van der Waals surface area contributed by atoms with Gasteiger partial charge in [0.05, 0.1) is 25.8 Å². The molecule has 1 aromatic carbocycles. The highest BCUT2D eigenvalue weighted by Crippen LogP contribution is 2.36. The molecule has 0 bridgehead atoms. The molecule has 24 heavy (non-hydrogen) atoms. The molecule has 0 aliphatic heterocycles. The fraction of sp³-hybridized carbons (Fsp3) is 0.294. The summed E-state index contributed by atoms with van der Waals surface area (Å²) < 4.78 is 15.4. The predicted molar refractivity (Wildman–Crippen MR) is 91.3 cm³/mol. The number of carbonyl (C=O) groups excluding carboxylic acids is 1. The maximum Gasteiger partial charge on any atom is 0.246 e. The fourth-order valence-electron chi connectivity index (χ4n) is 2.14. The summed E-state index contributed by atoms with van der Waals surface area (Å²) in [7, 11) is 4.74. The number of hydrogen-bond donors (Lipinski definition) is 0. The van der Waals surface area contributed by atoms with E-state index in [4.69, 9.17) is 25.6 Å². The Kier molecular flexibility index (Phi) is 5.87. The molecule has 1 aromatic heterocycles. The van der Waals surface area contributed by atoms with Crippen LogP contribution < -0.4 is 9.47 Å². The molecule has 128 valence electrons. The van der Waals surface area contributed by atoms with Crippen LogP contribution >= 0.6 is 11.6 Å². The van der Waals surface area contributed by atoms with Crippen LogP contribution in [-0.4, -0.2) is 37.2 Å². The normalized spacial score (nSPS) is 10.9. The topological polar surface area (TPSA) is 64.8 Å². The lowest BCUT2D eigenvalue weighted by atomic mass is 10.2. The first kappa shape index (κ1) is 17.9. The zero-order valence-corrected chi connectivity index (χ0v) is 14.8. The lowest BCUT2D eigenvalue weighted by molar-refractivity contribution is -0.125.